The highest BCUT2D eigenvalue weighted by Gasteiger charge is 2.48. The summed E-state index contributed by atoms with van der Waals surface area (Å²) in [5.74, 6) is 3.40. The van der Waals surface area contributed by atoms with Crippen molar-refractivity contribution < 1.29 is 4.42 Å². The van der Waals surface area contributed by atoms with Crippen LogP contribution in [0.15, 0.2) is 9.41 Å². The lowest BCUT2D eigenvalue weighted by atomic mass is 9.65. The Balaban J connectivity index is 0.00000176. The Kier molecular flexibility index (Phi) is 5.74. The summed E-state index contributed by atoms with van der Waals surface area (Å²) in [6.07, 6.45) is 6.98. The first-order valence-corrected chi connectivity index (χ1v) is 8.00. The van der Waals surface area contributed by atoms with Crippen LogP contribution in [-0.2, 0) is 6.54 Å². The van der Waals surface area contributed by atoms with Gasteiger partial charge in [0.25, 0.3) is 0 Å². The van der Waals surface area contributed by atoms with Crippen LogP contribution in [0.25, 0.3) is 0 Å². The van der Waals surface area contributed by atoms with Crippen LogP contribution < -0.4 is 10.6 Å². The number of halogens is 1. The van der Waals surface area contributed by atoms with Gasteiger partial charge in [0.2, 0.25) is 5.89 Å². The molecule has 1 aromatic heterocycles. The molecule has 124 valence electrons. The van der Waals surface area contributed by atoms with E-state index in [2.05, 4.69) is 20.6 Å². The predicted molar refractivity (Wildman–Crippen MR) is 98.6 cm³/mol. The summed E-state index contributed by atoms with van der Waals surface area (Å²) < 4.78 is 5.58. The number of aryl methyl sites for hydroxylation is 2. The Bertz CT molecular complexity index is 513. The summed E-state index contributed by atoms with van der Waals surface area (Å²) in [5.41, 5.74) is 1.50. The van der Waals surface area contributed by atoms with E-state index in [0.717, 1.165) is 29.9 Å². The van der Waals surface area contributed by atoms with Crippen molar-refractivity contribution in [3.63, 3.8) is 0 Å². The second kappa shape index (κ2) is 7.19. The number of oxazole rings is 1. The molecular formula is C16H27IN4O. The second-order valence-electron chi connectivity index (χ2n) is 6.52. The van der Waals surface area contributed by atoms with Gasteiger partial charge in [-0.15, -0.1) is 24.0 Å². The van der Waals surface area contributed by atoms with Crippen LogP contribution in [0.2, 0.25) is 0 Å². The monoisotopic (exact) mass is 418 g/mol. The smallest absolute Gasteiger partial charge is 0.214 e. The summed E-state index contributed by atoms with van der Waals surface area (Å²) >= 11 is 0. The third kappa shape index (κ3) is 3.75. The van der Waals surface area contributed by atoms with E-state index in [1.807, 2.05) is 20.9 Å². The minimum absolute atomic E-state index is 0. The molecule has 0 saturated heterocycles. The minimum Gasteiger partial charge on any atom is -0.444 e. The summed E-state index contributed by atoms with van der Waals surface area (Å²) in [6.45, 7) is 5.52. The molecule has 0 spiro atoms. The molecule has 6 heteroatoms. The highest BCUT2D eigenvalue weighted by atomic mass is 127. The standard InChI is InChI=1S/C16H26N4O.HI/c1-11-12(2)21-14(20-11)9-18-15(17-3)19-10-16(7-4-8-16)13-5-6-13;/h13H,4-10H2,1-3H3,(H2,17,18,19);1H. The molecule has 2 aliphatic carbocycles. The molecule has 2 aliphatic rings. The molecule has 22 heavy (non-hydrogen) atoms. The second-order valence-corrected chi connectivity index (χ2v) is 6.52. The first-order valence-electron chi connectivity index (χ1n) is 8.00. The summed E-state index contributed by atoms with van der Waals surface area (Å²) in [4.78, 5) is 8.68. The Morgan fingerprint density at radius 1 is 1.32 bits per heavy atom. The van der Waals surface area contributed by atoms with E-state index in [9.17, 15) is 0 Å². The average molecular weight is 418 g/mol. The lowest BCUT2D eigenvalue weighted by molar-refractivity contribution is 0.106. The summed E-state index contributed by atoms with van der Waals surface area (Å²) in [5, 5.41) is 6.78. The number of rotatable bonds is 5. The van der Waals surface area contributed by atoms with E-state index >= 15 is 0 Å². The number of guanidine groups is 1. The topological polar surface area (TPSA) is 62.5 Å². The van der Waals surface area contributed by atoms with Crippen molar-refractivity contribution in [2.24, 2.45) is 16.3 Å². The van der Waals surface area contributed by atoms with Crippen LogP contribution in [0.1, 0.15) is 49.4 Å². The van der Waals surface area contributed by atoms with Crippen LogP contribution in [0, 0.1) is 25.2 Å². The van der Waals surface area contributed by atoms with Gasteiger partial charge in [0.1, 0.15) is 5.76 Å². The van der Waals surface area contributed by atoms with Crippen molar-refractivity contribution >= 4 is 29.9 Å². The van der Waals surface area contributed by atoms with Gasteiger partial charge in [-0.1, -0.05) is 6.42 Å². The Labute approximate surface area is 149 Å². The van der Waals surface area contributed by atoms with Crippen molar-refractivity contribution in [3.05, 3.63) is 17.3 Å². The van der Waals surface area contributed by atoms with Gasteiger partial charge in [-0.2, -0.15) is 0 Å². The van der Waals surface area contributed by atoms with Crippen LogP contribution in [0.3, 0.4) is 0 Å². The van der Waals surface area contributed by atoms with Crippen molar-refractivity contribution in [1.29, 1.82) is 0 Å². The van der Waals surface area contributed by atoms with Gasteiger partial charge in [0.15, 0.2) is 5.96 Å². The van der Waals surface area contributed by atoms with Gasteiger partial charge in [-0.3, -0.25) is 4.99 Å². The maximum absolute atomic E-state index is 5.58. The number of hydrogen-bond acceptors (Lipinski definition) is 3. The van der Waals surface area contributed by atoms with E-state index in [1.165, 1.54) is 32.1 Å². The van der Waals surface area contributed by atoms with Crippen molar-refractivity contribution in [1.82, 2.24) is 15.6 Å². The van der Waals surface area contributed by atoms with Crippen LogP contribution in [-0.4, -0.2) is 24.5 Å². The Morgan fingerprint density at radius 3 is 2.50 bits per heavy atom. The van der Waals surface area contributed by atoms with Crippen LogP contribution in [0.4, 0.5) is 0 Å². The summed E-state index contributed by atoms with van der Waals surface area (Å²) in [6, 6.07) is 0. The van der Waals surface area contributed by atoms with Gasteiger partial charge in [0, 0.05) is 13.6 Å². The van der Waals surface area contributed by atoms with E-state index < -0.39 is 0 Å². The van der Waals surface area contributed by atoms with Crippen molar-refractivity contribution in [3.8, 4) is 0 Å². The zero-order valence-electron chi connectivity index (χ0n) is 13.7. The molecule has 0 bridgehead atoms. The molecule has 1 heterocycles. The van der Waals surface area contributed by atoms with Crippen molar-refractivity contribution in [2.75, 3.05) is 13.6 Å². The van der Waals surface area contributed by atoms with E-state index in [0.29, 0.717) is 17.9 Å². The fourth-order valence-corrected chi connectivity index (χ4v) is 3.31. The van der Waals surface area contributed by atoms with E-state index in [4.69, 9.17) is 4.42 Å². The highest BCUT2D eigenvalue weighted by Crippen LogP contribution is 2.56. The van der Waals surface area contributed by atoms with Gasteiger partial charge in [-0.05, 0) is 50.9 Å². The van der Waals surface area contributed by atoms with Crippen LogP contribution in [0.5, 0.6) is 0 Å². The predicted octanol–water partition coefficient (Wildman–Crippen LogP) is 3.15. The maximum Gasteiger partial charge on any atom is 0.214 e. The number of aromatic nitrogens is 1. The number of hydrogen-bond donors (Lipinski definition) is 2. The molecular weight excluding hydrogens is 391 g/mol. The third-order valence-electron chi connectivity index (χ3n) is 5.10. The number of nitrogens with zero attached hydrogens (tertiary/aromatic N) is 2. The van der Waals surface area contributed by atoms with Crippen molar-refractivity contribution in [2.45, 2.75) is 52.5 Å². The number of nitrogens with one attached hydrogen (secondary N) is 2. The Morgan fingerprint density at radius 2 is 2.05 bits per heavy atom. The lowest BCUT2D eigenvalue weighted by Gasteiger charge is -2.43. The minimum atomic E-state index is 0. The van der Waals surface area contributed by atoms with Gasteiger partial charge < -0.3 is 15.1 Å². The molecule has 0 unspecified atom stereocenters. The van der Waals surface area contributed by atoms with Gasteiger partial charge in [-0.25, -0.2) is 4.98 Å². The molecule has 0 aromatic carbocycles. The fraction of sp³-hybridized carbons (Fsp3) is 0.750. The molecule has 3 rings (SSSR count). The molecule has 2 N–H and O–H groups in total. The molecule has 0 atom stereocenters. The molecule has 5 nitrogen and oxygen atoms in total. The quantitative estimate of drug-likeness (QED) is 0.438. The maximum atomic E-state index is 5.58. The molecule has 0 aliphatic heterocycles. The molecule has 2 fully saturated rings. The molecule has 0 radical (unpaired) electrons. The first kappa shape index (κ1) is 17.6. The number of aliphatic imine (C=N–C) groups is 1. The zero-order valence-corrected chi connectivity index (χ0v) is 16.1. The third-order valence-corrected chi connectivity index (χ3v) is 5.10. The first-order chi connectivity index (χ1) is 10.1. The molecule has 1 aromatic rings. The van der Waals surface area contributed by atoms with E-state index in [1.54, 1.807) is 0 Å². The highest BCUT2D eigenvalue weighted by molar-refractivity contribution is 14.0. The zero-order chi connectivity index (χ0) is 14.9. The summed E-state index contributed by atoms with van der Waals surface area (Å²) in [7, 11) is 1.81. The SMILES string of the molecule is CN=C(NCc1nc(C)c(C)o1)NCC1(C2CC2)CCC1.I. The normalized spacial score (nSPS) is 20.0. The van der Waals surface area contributed by atoms with Crippen LogP contribution >= 0.6 is 24.0 Å². The molecule has 0 amide bonds. The average Bonchev–Trinajstić information content (AvgIpc) is 3.20. The lowest BCUT2D eigenvalue weighted by Crippen LogP contribution is -2.47. The fourth-order valence-electron chi connectivity index (χ4n) is 3.31. The molecule has 2 saturated carbocycles. The Hall–Kier alpha value is -0.790. The van der Waals surface area contributed by atoms with Gasteiger partial charge >= 0.3 is 0 Å². The van der Waals surface area contributed by atoms with E-state index in [-0.39, 0.29) is 24.0 Å². The van der Waals surface area contributed by atoms with Gasteiger partial charge in [0.05, 0.1) is 12.2 Å². The largest absolute Gasteiger partial charge is 0.444 e.